The predicted octanol–water partition coefficient (Wildman–Crippen LogP) is 8.27. The van der Waals surface area contributed by atoms with Crippen LogP contribution in [0.1, 0.15) is 77.6 Å². The van der Waals surface area contributed by atoms with Gasteiger partial charge >= 0.3 is 7.12 Å². The number of hydrogen-bond acceptors (Lipinski definition) is 2. The molecule has 196 valence electrons. The summed E-state index contributed by atoms with van der Waals surface area (Å²) in [5.74, 6) is 0. The van der Waals surface area contributed by atoms with Gasteiger partial charge in [-0.15, -0.1) is 0 Å². The molecule has 0 N–H and O–H groups in total. The molecule has 4 aromatic rings. The van der Waals surface area contributed by atoms with Gasteiger partial charge in [0.1, 0.15) is 0 Å². The first-order chi connectivity index (χ1) is 18.3. The molecular formula is C36H37BO2. The van der Waals surface area contributed by atoms with Crippen LogP contribution >= 0.6 is 0 Å². The SMILES string of the molecule is CC1(C)c2ccccc2-c2cc(-c3ccc4c(c3)C(C)(C)c3ccc(B5OC(C)(C)C(C)(C)O5)cc3-4)ccc21. The highest BCUT2D eigenvalue weighted by atomic mass is 16.7. The zero-order chi connectivity index (χ0) is 27.5. The Labute approximate surface area is 233 Å². The van der Waals surface area contributed by atoms with Gasteiger partial charge < -0.3 is 9.31 Å². The fraction of sp³-hybridized carbons (Fsp3) is 0.333. The third-order valence-electron chi connectivity index (χ3n) is 10.1. The molecule has 1 saturated heterocycles. The molecule has 39 heavy (non-hydrogen) atoms. The van der Waals surface area contributed by atoms with Crippen LogP contribution < -0.4 is 5.46 Å². The van der Waals surface area contributed by atoms with Crippen LogP contribution in [0.5, 0.6) is 0 Å². The highest BCUT2D eigenvalue weighted by Gasteiger charge is 2.52. The van der Waals surface area contributed by atoms with E-state index in [1.807, 2.05) is 0 Å². The molecule has 0 spiro atoms. The molecule has 0 aromatic heterocycles. The first-order valence-corrected chi connectivity index (χ1v) is 14.2. The smallest absolute Gasteiger partial charge is 0.399 e. The third-order valence-corrected chi connectivity index (χ3v) is 10.1. The minimum absolute atomic E-state index is 0.0287. The Bertz CT molecular complexity index is 1660. The summed E-state index contributed by atoms with van der Waals surface area (Å²) in [5, 5.41) is 0. The summed E-state index contributed by atoms with van der Waals surface area (Å²) in [4.78, 5) is 0. The molecule has 0 atom stereocenters. The molecule has 1 heterocycles. The first-order valence-electron chi connectivity index (χ1n) is 14.2. The molecule has 3 heteroatoms. The quantitative estimate of drug-likeness (QED) is 0.252. The Morgan fingerprint density at radius 1 is 0.462 bits per heavy atom. The third kappa shape index (κ3) is 3.36. The summed E-state index contributed by atoms with van der Waals surface area (Å²) >= 11 is 0. The topological polar surface area (TPSA) is 18.5 Å². The lowest BCUT2D eigenvalue weighted by Gasteiger charge is -2.32. The van der Waals surface area contributed by atoms with Crippen LogP contribution in [0.25, 0.3) is 33.4 Å². The predicted molar refractivity (Wildman–Crippen MR) is 163 cm³/mol. The molecule has 0 bridgehead atoms. The van der Waals surface area contributed by atoms with Gasteiger partial charge in [-0.05, 0) is 101 Å². The molecule has 4 aromatic carbocycles. The van der Waals surface area contributed by atoms with E-state index in [-0.39, 0.29) is 29.2 Å². The van der Waals surface area contributed by atoms with E-state index in [4.69, 9.17) is 9.31 Å². The second-order valence-electron chi connectivity index (χ2n) is 13.7. The highest BCUT2D eigenvalue weighted by molar-refractivity contribution is 6.62. The van der Waals surface area contributed by atoms with E-state index in [1.54, 1.807) is 0 Å². The lowest BCUT2D eigenvalue weighted by molar-refractivity contribution is 0.00578. The Morgan fingerprint density at radius 2 is 0.974 bits per heavy atom. The molecule has 3 aliphatic rings. The van der Waals surface area contributed by atoms with Crippen molar-refractivity contribution in [1.82, 2.24) is 0 Å². The Hall–Kier alpha value is -3.14. The maximum Gasteiger partial charge on any atom is 0.494 e. The molecule has 7 rings (SSSR count). The van der Waals surface area contributed by atoms with Crippen molar-refractivity contribution in [3.8, 4) is 33.4 Å². The lowest BCUT2D eigenvalue weighted by atomic mass is 9.76. The van der Waals surface area contributed by atoms with E-state index in [2.05, 4.69) is 134 Å². The molecule has 2 aliphatic carbocycles. The van der Waals surface area contributed by atoms with Crippen LogP contribution in [0.4, 0.5) is 0 Å². The van der Waals surface area contributed by atoms with E-state index >= 15 is 0 Å². The lowest BCUT2D eigenvalue weighted by Crippen LogP contribution is -2.41. The number of benzene rings is 4. The fourth-order valence-corrected chi connectivity index (χ4v) is 6.98. The molecule has 0 amide bonds. The summed E-state index contributed by atoms with van der Waals surface area (Å²) in [6.45, 7) is 17.8. The van der Waals surface area contributed by atoms with Crippen molar-refractivity contribution in [1.29, 1.82) is 0 Å². The van der Waals surface area contributed by atoms with Gasteiger partial charge in [0, 0.05) is 10.8 Å². The Kier molecular flexibility index (Phi) is 4.94. The van der Waals surface area contributed by atoms with Gasteiger partial charge in [-0.2, -0.15) is 0 Å². The molecular weight excluding hydrogens is 475 g/mol. The summed E-state index contributed by atoms with van der Waals surface area (Å²) in [6, 6.07) is 29.7. The Morgan fingerprint density at radius 3 is 1.69 bits per heavy atom. The van der Waals surface area contributed by atoms with Gasteiger partial charge in [-0.25, -0.2) is 0 Å². The van der Waals surface area contributed by atoms with Crippen molar-refractivity contribution >= 4 is 12.6 Å². The van der Waals surface area contributed by atoms with Crippen LogP contribution in [0, 0.1) is 0 Å². The van der Waals surface area contributed by atoms with Crippen LogP contribution in [-0.4, -0.2) is 18.3 Å². The van der Waals surface area contributed by atoms with E-state index in [0.717, 1.165) is 5.46 Å². The van der Waals surface area contributed by atoms with Crippen molar-refractivity contribution in [2.45, 2.75) is 77.4 Å². The average molecular weight is 513 g/mol. The monoisotopic (exact) mass is 512 g/mol. The van der Waals surface area contributed by atoms with Crippen molar-refractivity contribution < 1.29 is 9.31 Å². The summed E-state index contributed by atoms with van der Waals surface area (Å²) in [7, 11) is -0.356. The first kappa shape index (κ1) is 24.9. The fourth-order valence-electron chi connectivity index (χ4n) is 6.98. The van der Waals surface area contributed by atoms with Gasteiger partial charge in [0.2, 0.25) is 0 Å². The molecule has 1 aliphatic heterocycles. The maximum atomic E-state index is 6.38. The number of hydrogen-bond donors (Lipinski definition) is 0. The number of rotatable bonds is 2. The van der Waals surface area contributed by atoms with E-state index in [1.165, 1.54) is 55.6 Å². The zero-order valence-electron chi connectivity index (χ0n) is 24.4. The maximum absolute atomic E-state index is 6.38. The summed E-state index contributed by atoms with van der Waals surface area (Å²) in [6.07, 6.45) is 0. The second-order valence-corrected chi connectivity index (χ2v) is 13.7. The van der Waals surface area contributed by atoms with Crippen LogP contribution in [0.15, 0.2) is 78.9 Å². The van der Waals surface area contributed by atoms with E-state index < -0.39 is 0 Å². The van der Waals surface area contributed by atoms with Gasteiger partial charge in [0.05, 0.1) is 11.2 Å². The van der Waals surface area contributed by atoms with E-state index in [9.17, 15) is 0 Å². The normalized spacial score (nSPS) is 20.4. The summed E-state index contributed by atoms with van der Waals surface area (Å²) < 4.78 is 12.8. The minimum atomic E-state index is -0.356. The molecule has 1 fully saturated rings. The van der Waals surface area contributed by atoms with Gasteiger partial charge in [0.15, 0.2) is 0 Å². The average Bonchev–Trinajstić information content (AvgIpc) is 3.37. The second kappa shape index (κ2) is 7.74. The summed E-state index contributed by atoms with van der Waals surface area (Å²) in [5.41, 5.74) is 13.8. The van der Waals surface area contributed by atoms with Crippen LogP contribution in [0.2, 0.25) is 0 Å². The molecule has 0 radical (unpaired) electrons. The molecule has 0 unspecified atom stereocenters. The van der Waals surface area contributed by atoms with E-state index in [0.29, 0.717) is 0 Å². The zero-order valence-corrected chi connectivity index (χ0v) is 24.4. The van der Waals surface area contributed by atoms with Crippen molar-refractivity contribution in [3.63, 3.8) is 0 Å². The van der Waals surface area contributed by atoms with Gasteiger partial charge in [-0.1, -0.05) is 94.4 Å². The van der Waals surface area contributed by atoms with Crippen LogP contribution in [0.3, 0.4) is 0 Å². The highest BCUT2D eigenvalue weighted by Crippen LogP contribution is 2.52. The number of fused-ring (bicyclic) bond motifs is 6. The molecule has 0 saturated carbocycles. The van der Waals surface area contributed by atoms with Crippen molar-refractivity contribution in [3.05, 3.63) is 101 Å². The van der Waals surface area contributed by atoms with Gasteiger partial charge in [-0.3, -0.25) is 0 Å². The van der Waals surface area contributed by atoms with Crippen molar-refractivity contribution in [2.24, 2.45) is 0 Å². The largest absolute Gasteiger partial charge is 0.494 e. The standard InChI is InChI=1S/C36H37BO2/c1-33(2)29-12-10-9-11-25(29)27-19-22(14-17-30(27)33)23-13-16-26-28-21-24(37-38-35(5,6)36(7,8)39-37)15-18-31(28)34(3,4)32(26)20-23/h9-21H,1-8H3. The van der Waals surface area contributed by atoms with Crippen molar-refractivity contribution in [2.75, 3.05) is 0 Å². The minimum Gasteiger partial charge on any atom is -0.399 e. The molecule has 2 nitrogen and oxygen atoms in total. The van der Waals surface area contributed by atoms with Crippen LogP contribution in [-0.2, 0) is 20.1 Å². The van der Waals surface area contributed by atoms with Gasteiger partial charge in [0.25, 0.3) is 0 Å². The Balaban J connectivity index is 1.29.